The third-order valence-corrected chi connectivity index (χ3v) is 4.38. The highest BCUT2D eigenvalue weighted by atomic mass is 79.9. The lowest BCUT2D eigenvalue weighted by Gasteiger charge is -2.08. The molecule has 0 aliphatic carbocycles. The number of hydrazone groups is 1. The van der Waals surface area contributed by atoms with Gasteiger partial charge in [0.2, 0.25) is 0 Å². The highest BCUT2D eigenvalue weighted by Gasteiger charge is 2.15. The van der Waals surface area contributed by atoms with Gasteiger partial charge < -0.3 is 14.8 Å². The van der Waals surface area contributed by atoms with E-state index in [0.717, 1.165) is 16.6 Å². The molecule has 1 aromatic heterocycles. The average molecular weight is 402 g/mol. The van der Waals surface area contributed by atoms with E-state index in [1.54, 1.807) is 6.92 Å². The number of fused-ring (bicyclic) bond motifs is 1. The maximum Gasteiger partial charge on any atom is 0.275 e. The second kappa shape index (κ2) is 6.98. The number of carbonyl (C=O) groups excluding carboxylic acids is 1. The van der Waals surface area contributed by atoms with Crippen molar-refractivity contribution in [3.63, 3.8) is 0 Å². The molecule has 0 unspecified atom stereocenters. The topological polar surface area (TPSA) is 86.7 Å². The third kappa shape index (κ3) is 3.51. The number of benzene rings is 2. The van der Waals surface area contributed by atoms with Gasteiger partial charge in [0, 0.05) is 17.0 Å². The predicted octanol–water partition coefficient (Wildman–Crippen LogP) is 3.80. The third-order valence-electron chi connectivity index (χ3n) is 3.76. The van der Waals surface area contributed by atoms with Crippen LogP contribution in [0.4, 0.5) is 0 Å². The molecule has 0 fully saturated rings. The van der Waals surface area contributed by atoms with E-state index in [-0.39, 0.29) is 11.3 Å². The smallest absolute Gasteiger partial charge is 0.275 e. The zero-order chi connectivity index (χ0) is 18.0. The van der Waals surface area contributed by atoms with Crippen LogP contribution in [0.3, 0.4) is 0 Å². The van der Waals surface area contributed by atoms with Gasteiger partial charge in [-0.1, -0.05) is 18.2 Å². The van der Waals surface area contributed by atoms with E-state index < -0.39 is 5.91 Å². The number of rotatable bonds is 4. The number of nitrogens with zero attached hydrogens (tertiary/aromatic N) is 1. The first-order chi connectivity index (χ1) is 12.0. The molecule has 0 saturated heterocycles. The Balaban J connectivity index is 1.81. The number of nitrogens with one attached hydrogen (secondary N) is 2. The maximum atomic E-state index is 12.3. The minimum Gasteiger partial charge on any atom is -0.507 e. The lowest BCUT2D eigenvalue weighted by Crippen LogP contribution is -2.19. The normalized spacial score (nSPS) is 11.6. The summed E-state index contributed by atoms with van der Waals surface area (Å²) in [6.07, 6.45) is 0. The maximum absolute atomic E-state index is 12.3. The zero-order valence-electron chi connectivity index (χ0n) is 13.6. The van der Waals surface area contributed by atoms with Crippen LogP contribution in [0, 0.1) is 0 Å². The molecule has 3 rings (SSSR count). The quantitative estimate of drug-likeness (QED) is 0.458. The fourth-order valence-corrected chi connectivity index (χ4v) is 2.91. The molecular formula is C18H16BrN3O3. The summed E-state index contributed by atoms with van der Waals surface area (Å²) in [4.78, 5) is 15.5. The zero-order valence-corrected chi connectivity index (χ0v) is 15.2. The molecule has 1 amide bonds. The Labute approximate surface area is 152 Å². The van der Waals surface area contributed by atoms with Crippen LogP contribution in [0.25, 0.3) is 10.9 Å². The van der Waals surface area contributed by atoms with Crippen LogP contribution in [0.15, 0.2) is 52.0 Å². The monoisotopic (exact) mass is 401 g/mol. The first kappa shape index (κ1) is 17.0. The second-order valence-electron chi connectivity index (χ2n) is 5.41. The molecule has 0 aliphatic rings. The molecule has 0 saturated carbocycles. The minimum absolute atomic E-state index is 0.0980. The molecule has 3 N–H and O–H groups in total. The summed E-state index contributed by atoms with van der Waals surface area (Å²) < 4.78 is 5.64. The lowest BCUT2D eigenvalue weighted by atomic mass is 10.2. The molecule has 0 radical (unpaired) electrons. The molecule has 6 nitrogen and oxygen atoms in total. The van der Waals surface area contributed by atoms with E-state index in [9.17, 15) is 9.90 Å². The van der Waals surface area contributed by atoms with Gasteiger partial charge in [-0.2, -0.15) is 5.10 Å². The van der Waals surface area contributed by atoms with Crippen LogP contribution in [0.2, 0.25) is 0 Å². The van der Waals surface area contributed by atoms with Crippen LogP contribution < -0.4 is 10.2 Å². The number of halogens is 1. The number of aromatic hydroxyl groups is 1. The molecule has 1 heterocycles. The van der Waals surface area contributed by atoms with Gasteiger partial charge >= 0.3 is 0 Å². The molecule has 0 aliphatic heterocycles. The van der Waals surface area contributed by atoms with Crippen LogP contribution in [-0.2, 0) is 0 Å². The van der Waals surface area contributed by atoms with Crippen molar-refractivity contribution < 1.29 is 14.6 Å². The van der Waals surface area contributed by atoms with Gasteiger partial charge in [0.25, 0.3) is 5.91 Å². The molecular weight excluding hydrogens is 386 g/mol. The van der Waals surface area contributed by atoms with Crippen LogP contribution >= 0.6 is 15.9 Å². The number of ether oxygens (including phenoxy) is 1. The Bertz CT molecular complexity index is 946. The average Bonchev–Trinajstić information content (AvgIpc) is 3.05. The molecule has 25 heavy (non-hydrogen) atoms. The fourth-order valence-electron chi connectivity index (χ4n) is 2.40. The van der Waals surface area contributed by atoms with Crippen molar-refractivity contribution in [3.8, 4) is 11.5 Å². The van der Waals surface area contributed by atoms with E-state index in [4.69, 9.17) is 4.74 Å². The summed E-state index contributed by atoms with van der Waals surface area (Å²) in [6.45, 7) is 1.79. The molecule has 128 valence electrons. The fraction of sp³-hybridized carbons (Fsp3) is 0.111. The largest absolute Gasteiger partial charge is 0.507 e. The first-order valence-electron chi connectivity index (χ1n) is 7.49. The number of hydrogen-bond donors (Lipinski definition) is 3. The van der Waals surface area contributed by atoms with Crippen LogP contribution in [0.1, 0.15) is 23.0 Å². The van der Waals surface area contributed by atoms with Crippen molar-refractivity contribution in [2.75, 3.05) is 7.11 Å². The standard InChI is InChI=1S/C18H16BrN3O3/c1-10(15-7-11-5-3-4-6-14(11)20-15)21-22-18(24)12-8-13(19)17(25-2)9-16(12)23/h3-9,20,23H,1-2H3,(H,22,24). The summed E-state index contributed by atoms with van der Waals surface area (Å²) in [5, 5.41) is 15.2. The lowest BCUT2D eigenvalue weighted by molar-refractivity contribution is 0.0952. The Morgan fingerprint density at radius 1 is 1.28 bits per heavy atom. The number of amides is 1. The van der Waals surface area contributed by atoms with E-state index in [1.165, 1.54) is 19.2 Å². The van der Waals surface area contributed by atoms with E-state index in [0.29, 0.717) is 15.9 Å². The number of H-pyrrole nitrogens is 1. The van der Waals surface area contributed by atoms with Gasteiger partial charge in [-0.15, -0.1) is 0 Å². The molecule has 3 aromatic rings. The molecule has 0 atom stereocenters. The van der Waals surface area contributed by atoms with Crippen molar-refractivity contribution in [1.29, 1.82) is 0 Å². The number of phenolic OH excluding ortho intramolecular Hbond substituents is 1. The molecule has 7 heteroatoms. The van der Waals surface area contributed by atoms with Crippen molar-refractivity contribution >= 4 is 38.5 Å². The van der Waals surface area contributed by atoms with Crippen molar-refractivity contribution in [2.45, 2.75) is 6.92 Å². The highest BCUT2D eigenvalue weighted by Crippen LogP contribution is 2.32. The highest BCUT2D eigenvalue weighted by molar-refractivity contribution is 9.10. The Morgan fingerprint density at radius 2 is 2.04 bits per heavy atom. The number of phenols is 1. The molecule has 2 aromatic carbocycles. The van der Waals surface area contributed by atoms with Crippen LogP contribution in [0.5, 0.6) is 11.5 Å². The summed E-state index contributed by atoms with van der Waals surface area (Å²) in [5.74, 6) is -0.265. The number of carbonyl (C=O) groups is 1. The van der Waals surface area contributed by atoms with E-state index in [2.05, 4.69) is 31.4 Å². The number of para-hydroxylation sites is 1. The minimum atomic E-state index is -0.517. The number of aromatic amines is 1. The van der Waals surface area contributed by atoms with Gasteiger partial charge in [-0.3, -0.25) is 4.79 Å². The van der Waals surface area contributed by atoms with Gasteiger partial charge in [0.15, 0.2) is 0 Å². The number of aromatic nitrogens is 1. The Morgan fingerprint density at radius 3 is 2.76 bits per heavy atom. The van der Waals surface area contributed by atoms with Gasteiger partial charge in [0.1, 0.15) is 11.5 Å². The van der Waals surface area contributed by atoms with Gasteiger partial charge in [0.05, 0.1) is 28.6 Å². The number of hydrogen-bond acceptors (Lipinski definition) is 4. The molecule has 0 bridgehead atoms. The van der Waals surface area contributed by atoms with Crippen molar-refractivity contribution in [3.05, 3.63) is 58.2 Å². The molecule has 0 spiro atoms. The SMILES string of the molecule is COc1cc(O)c(C(=O)NN=C(C)c2cc3ccccc3[nH]2)cc1Br. The van der Waals surface area contributed by atoms with Crippen molar-refractivity contribution in [1.82, 2.24) is 10.4 Å². The van der Waals surface area contributed by atoms with Gasteiger partial charge in [-0.05, 0) is 41.1 Å². The Kier molecular flexibility index (Phi) is 4.76. The van der Waals surface area contributed by atoms with Crippen LogP contribution in [-0.4, -0.2) is 28.8 Å². The predicted molar refractivity (Wildman–Crippen MR) is 100 cm³/mol. The number of methoxy groups -OCH3 is 1. The Hall–Kier alpha value is -2.80. The second-order valence-corrected chi connectivity index (χ2v) is 6.27. The van der Waals surface area contributed by atoms with E-state index >= 15 is 0 Å². The van der Waals surface area contributed by atoms with Crippen molar-refractivity contribution in [2.24, 2.45) is 5.10 Å². The van der Waals surface area contributed by atoms with Gasteiger partial charge in [-0.25, -0.2) is 5.43 Å². The summed E-state index contributed by atoms with van der Waals surface area (Å²) >= 11 is 3.29. The summed E-state index contributed by atoms with van der Waals surface area (Å²) in [7, 11) is 1.48. The first-order valence-corrected chi connectivity index (χ1v) is 8.28. The van der Waals surface area contributed by atoms with E-state index in [1.807, 2.05) is 30.3 Å². The summed E-state index contributed by atoms with van der Waals surface area (Å²) in [6, 6.07) is 12.7. The summed E-state index contributed by atoms with van der Waals surface area (Å²) in [5.41, 5.74) is 4.98.